The zero-order valence-corrected chi connectivity index (χ0v) is 17.2. The van der Waals surface area contributed by atoms with Gasteiger partial charge in [0.15, 0.2) is 6.61 Å². The fraction of sp³-hybridized carbons (Fsp3) is 0.318. The van der Waals surface area contributed by atoms with Gasteiger partial charge in [-0.05, 0) is 44.0 Å². The quantitative estimate of drug-likeness (QED) is 0.648. The minimum atomic E-state index is -0.976. The van der Waals surface area contributed by atoms with Gasteiger partial charge in [-0.3, -0.25) is 14.9 Å². The first-order valence-corrected chi connectivity index (χ1v) is 9.47. The lowest BCUT2D eigenvalue weighted by molar-refractivity contribution is -0.131. The third-order valence-corrected chi connectivity index (χ3v) is 3.87. The molecule has 0 heterocycles. The maximum Gasteiger partial charge on any atom is 0.412 e. The molecule has 0 fully saturated rings. The number of nitrogens with one attached hydrogen (secondary N) is 3. The molecule has 1 atom stereocenters. The number of hydrogen-bond donors (Lipinski definition) is 3. The Morgan fingerprint density at radius 2 is 1.70 bits per heavy atom. The number of carbonyl (C=O) groups excluding carboxylic acids is 3. The van der Waals surface area contributed by atoms with E-state index < -0.39 is 36.2 Å². The molecule has 0 saturated heterocycles. The average Bonchev–Trinajstić information content (AvgIpc) is 2.69. The Balaban J connectivity index is 2.03. The Labute approximate surface area is 175 Å². The van der Waals surface area contributed by atoms with Crippen molar-refractivity contribution in [2.45, 2.75) is 39.0 Å². The molecule has 0 aliphatic heterocycles. The first-order chi connectivity index (χ1) is 14.2. The molecule has 0 spiro atoms. The van der Waals surface area contributed by atoms with Crippen molar-refractivity contribution in [3.8, 4) is 0 Å². The summed E-state index contributed by atoms with van der Waals surface area (Å²) >= 11 is 0. The van der Waals surface area contributed by atoms with Gasteiger partial charge in [-0.2, -0.15) is 0 Å². The summed E-state index contributed by atoms with van der Waals surface area (Å²) in [5.41, 5.74) is 1.21. The molecule has 0 saturated carbocycles. The monoisotopic (exact) mass is 412 g/mol. The summed E-state index contributed by atoms with van der Waals surface area (Å²) in [7, 11) is 0. The highest BCUT2D eigenvalue weighted by Gasteiger charge is 2.22. The average molecular weight is 412 g/mol. The summed E-state index contributed by atoms with van der Waals surface area (Å²) in [6, 6.07) is 14.6. The molecule has 0 aliphatic rings. The van der Waals surface area contributed by atoms with Crippen molar-refractivity contribution >= 4 is 23.6 Å². The molecule has 1 radical (unpaired) electrons. The molecule has 30 heavy (non-hydrogen) atoms. The van der Waals surface area contributed by atoms with Crippen molar-refractivity contribution in [3.05, 3.63) is 65.7 Å². The van der Waals surface area contributed by atoms with Crippen LogP contribution in [0.25, 0.3) is 0 Å². The summed E-state index contributed by atoms with van der Waals surface area (Å²) in [4.78, 5) is 36.1. The number of amides is 3. The van der Waals surface area contributed by atoms with Crippen LogP contribution in [0.2, 0.25) is 0 Å². The predicted molar refractivity (Wildman–Crippen MR) is 111 cm³/mol. The predicted octanol–water partition coefficient (Wildman–Crippen LogP) is 2.94. The lowest BCUT2D eigenvalue weighted by Gasteiger charge is -2.20. The Hall–Kier alpha value is -3.39. The summed E-state index contributed by atoms with van der Waals surface area (Å²) in [5.74, 6) is -1.21. The van der Waals surface area contributed by atoms with E-state index in [0.717, 1.165) is 5.56 Å². The van der Waals surface area contributed by atoms with Crippen LogP contribution >= 0.6 is 0 Å². The SMILES string of the molecule is CC(C)(C)OC(=O)Nc1cccc(CNC(=O)[C@H](NC(=O)C[O])c2ccccc2)c1. The Morgan fingerprint density at radius 3 is 2.33 bits per heavy atom. The van der Waals surface area contributed by atoms with Crippen LogP contribution in [-0.2, 0) is 26.0 Å². The molecular weight excluding hydrogens is 386 g/mol. The van der Waals surface area contributed by atoms with Gasteiger partial charge in [0, 0.05) is 12.2 Å². The van der Waals surface area contributed by atoms with Crippen molar-refractivity contribution in [1.29, 1.82) is 0 Å². The maximum atomic E-state index is 12.7. The van der Waals surface area contributed by atoms with Gasteiger partial charge in [-0.15, -0.1) is 0 Å². The van der Waals surface area contributed by atoms with Crippen molar-refractivity contribution in [2.75, 3.05) is 11.9 Å². The molecule has 2 aromatic rings. The number of rotatable bonds is 7. The molecule has 159 valence electrons. The highest BCUT2D eigenvalue weighted by molar-refractivity contribution is 5.89. The normalized spacial score (nSPS) is 11.9. The van der Waals surface area contributed by atoms with Crippen LogP contribution in [0.15, 0.2) is 54.6 Å². The summed E-state index contributed by atoms with van der Waals surface area (Å²) in [5, 5.41) is 18.7. The molecule has 0 unspecified atom stereocenters. The Morgan fingerprint density at radius 1 is 1.00 bits per heavy atom. The molecule has 2 aromatic carbocycles. The summed E-state index contributed by atoms with van der Waals surface area (Å²) in [6.07, 6.45) is -0.576. The van der Waals surface area contributed by atoms with Crippen LogP contribution in [0, 0.1) is 0 Å². The lowest BCUT2D eigenvalue weighted by atomic mass is 10.1. The van der Waals surface area contributed by atoms with E-state index in [2.05, 4.69) is 16.0 Å². The molecule has 8 nitrogen and oxygen atoms in total. The van der Waals surface area contributed by atoms with Crippen LogP contribution in [-0.4, -0.2) is 30.1 Å². The zero-order chi connectivity index (χ0) is 22.1. The second-order valence-corrected chi connectivity index (χ2v) is 7.60. The fourth-order valence-electron chi connectivity index (χ4n) is 2.62. The first-order valence-electron chi connectivity index (χ1n) is 9.47. The molecule has 0 aliphatic carbocycles. The second kappa shape index (κ2) is 10.4. The van der Waals surface area contributed by atoms with Crippen molar-refractivity contribution < 1.29 is 24.2 Å². The number of ether oxygens (including phenoxy) is 1. The van der Waals surface area contributed by atoms with E-state index in [1.165, 1.54) is 0 Å². The van der Waals surface area contributed by atoms with Crippen LogP contribution in [0.1, 0.15) is 37.9 Å². The van der Waals surface area contributed by atoms with Gasteiger partial charge in [0.05, 0.1) is 0 Å². The summed E-state index contributed by atoms with van der Waals surface area (Å²) in [6.45, 7) is 4.52. The van der Waals surface area contributed by atoms with Gasteiger partial charge in [-0.1, -0.05) is 42.5 Å². The standard InChI is InChI=1S/C22H26N3O5/c1-22(2,3)30-21(29)24-17-11-7-8-15(12-17)13-23-20(28)19(25-18(27)14-26)16-9-5-4-6-10-16/h4-12,19H,13-14H2,1-3H3,(H,23,28)(H,24,29)(H,25,27)/t19-/m1/s1. The Bertz CT molecular complexity index is 878. The molecule has 2 rings (SSSR count). The zero-order valence-electron chi connectivity index (χ0n) is 17.2. The third-order valence-electron chi connectivity index (χ3n) is 3.87. The van der Waals surface area contributed by atoms with Crippen LogP contribution < -0.4 is 16.0 Å². The lowest BCUT2D eigenvalue weighted by Crippen LogP contribution is -2.41. The largest absolute Gasteiger partial charge is 0.444 e. The van der Waals surface area contributed by atoms with Crippen molar-refractivity contribution in [2.24, 2.45) is 0 Å². The molecule has 0 bridgehead atoms. The second-order valence-electron chi connectivity index (χ2n) is 7.60. The van der Waals surface area contributed by atoms with Gasteiger partial charge in [-0.25, -0.2) is 9.90 Å². The number of anilines is 1. The molecule has 3 amide bonds. The van der Waals surface area contributed by atoms with Crippen LogP contribution in [0.3, 0.4) is 0 Å². The highest BCUT2D eigenvalue weighted by Crippen LogP contribution is 2.15. The van der Waals surface area contributed by atoms with Crippen molar-refractivity contribution in [1.82, 2.24) is 10.6 Å². The van der Waals surface area contributed by atoms with E-state index in [1.54, 1.807) is 75.4 Å². The van der Waals surface area contributed by atoms with Crippen LogP contribution in [0.5, 0.6) is 0 Å². The highest BCUT2D eigenvalue weighted by atomic mass is 16.6. The van der Waals surface area contributed by atoms with Crippen LogP contribution in [0.4, 0.5) is 10.5 Å². The topological polar surface area (TPSA) is 116 Å². The van der Waals surface area contributed by atoms with E-state index in [9.17, 15) is 19.5 Å². The van der Waals surface area contributed by atoms with E-state index >= 15 is 0 Å². The van der Waals surface area contributed by atoms with Gasteiger partial charge in [0.2, 0.25) is 11.8 Å². The first kappa shape index (κ1) is 22.9. The van der Waals surface area contributed by atoms with Gasteiger partial charge in [0.1, 0.15) is 11.6 Å². The molecule has 0 aromatic heterocycles. The van der Waals surface area contributed by atoms with E-state index in [4.69, 9.17) is 4.74 Å². The molecular formula is C22H26N3O5. The Kier molecular flexibility index (Phi) is 7.94. The molecule has 3 N–H and O–H groups in total. The third kappa shape index (κ3) is 7.56. The number of carbonyl (C=O) groups is 3. The van der Waals surface area contributed by atoms with E-state index in [0.29, 0.717) is 11.3 Å². The minimum absolute atomic E-state index is 0.166. The number of benzene rings is 2. The van der Waals surface area contributed by atoms with E-state index in [1.807, 2.05) is 0 Å². The van der Waals surface area contributed by atoms with Gasteiger partial charge in [0.25, 0.3) is 0 Å². The maximum absolute atomic E-state index is 12.7. The minimum Gasteiger partial charge on any atom is -0.444 e. The van der Waals surface area contributed by atoms with Gasteiger partial charge < -0.3 is 15.4 Å². The smallest absolute Gasteiger partial charge is 0.412 e. The van der Waals surface area contributed by atoms with Crippen molar-refractivity contribution in [3.63, 3.8) is 0 Å². The summed E-state index contributed by atoms with van der Waals surface area (Å²) < 4.78 is 5.22. The molecule has 8 heteroatoms. The van der Waals surface area contributed by atoms with E-state index in [-0.39, 0.29) is 6.54 Å². The fourth-order valence-corrected chi connectivity index (χ4v) is 2.62. The van der Waals surface area contributed by atoms with Gasteiger partial charge >= 0.3 is 6.09 Å². The number of hydrogen-bond acceptors (Lipinski definition) is 4.